The molecular formula is C16H19N3O3. The number of benzene rings is 1. The topological polar surface area (TPSA) is 74.6 Å². The molecule has 1 aromatic rings. The number of carbonyl (C=O) groups is 1. The molecule has 1 saturated heterocycles. The van der Waals surface area contributed by atoms with Gasteiger partial charge in [-0.15, -0.1) is 0 Å². The maximum absolute atomic E-state index is 12.1. The molecule has 0 spiro atoms. The van der Waals surface area contributed by atoms with E-state index in [1.165, 1.54) is 0 Å². The first kappa shape index (κ1) is 14.5. The van der Waals surface area contributed by atoms with Crippen LogP contribution >= 0.6 is 0 Å². The Labute approximate surface area is 129 Å². The minimum Gasteiger partial charge on any atom is -0.486 e. The monoisotopic (exact) mass is 301 g/mol. The summed E-state index contributed by atoms with van der Waals surface area (Å²) in [4.78, 5) is 13.9. The highest BCUT2D eigenvalue weighted by Crippen LogP contribution is 2.30. The summed E-state index contributed by atoms with van der Waals surface area (Å²) in [5, 5.41) is 11.8. The van der Waals surface area contributed by atoms with E-state index in [1.54, 1.807) is 4.90 Å². The van der Waals surface area contributed by atoms with E-state index in [9.17, 15) is 4.79 Å². The third-order valence-electron chi connectivity index (χ3n) is 4.02. The van der Waals surface area contributed by atoms with E-state index < -0.39 is 0 Å². The molecule has 0 aromatic heterocycles. The van der Waals surface area contributed by atoms with E-state index in [0.717, 1.165) is 29.9 Å². The smallest absolute Gasteiger partial charge is 0.317 e. The molecule has 2 aliphatic heterocycles. The number of rotatable bonds is 2. The van der Waals surface area contributed by atoms with Crippen LogP contribution in [0.25, 0.3) is 0 Å². The van der Waals surface area contributed by atoms with Gasteiger partial charge in [0.2, 0.25) is 0 Å². The highest BCUT2D eigenvalue weighted by atomic mass is 16.6. The lowest BCUT2D eigenvalue weighted by molar-refractivity contribution is 0.171. The summed E-state index contributed by atoms with van der Waals surface area (Å²) in [7, 11) is 0. The van der Waals surface area contributed by atoms with Gasteiger partial charge in [-0.25, -0.2) is 4.79 Å². The van der Waals surface area contributed by atoms with Crippen LogP contribution in [-0.4, -0.2) is 37.2 Å². The lowest BCUT2D eigenvalue weighted by Gasteiger charge is -2.29. The highest BCUT2D eigenvalue weighted by Gasteiger charge is 2.22. The Morgan fingerprint density at radius 3 is 2.73 bits per heavy atom. The molecule has 3 rings (SSSR count). The number of amides is 2. The predicted octanol–water partition coefficient (Wildman–Crippen LogP) is 1.90. The molecule has 22 heavy (non-hydrogen) atoms. The van der Waals surface area contributed by atoms with Gasteiger partial charge >= 0.3 is 6.03 Å². The van der Waals surface area contributed by atoms with Crippen molar-refractivity contribution in [1.82, 2.24) is 10.2 Å². The fraction of sp³-hybridized carbons (Fsp3) is 0.500. The van der Waals surface area contributed by atoms with E-state index in [0.29, 0.717) is 32.8 Å². The van der Waals surface area contributed by atoms with Crippen molar-refractivity contribution in [2.45, 2.75) is 19.4 Å². The van der Waals surface area contributed by atoms with Crippen molar-refractivity contribution in [2.24, 2.45) is 5.92 Å². The molecule has 2 amide bonds. The Balaban J connectivity index is 1.52. The van der Waals surface area contributed by atoms with Gasteiger partial charge in [-0.1, -0.05) is 6.07 Å². The van der Waals surface area contributed by atoms with Crippen LogP contribution in [0.4, 0.5) is 4.79 Å². The van der Waals surface area contributed by atoms with E-state index in [-0.39, 0.29) is 11.9 Å². The summed E-state index contributed by atoms with van der Waals surface area (Å²) in [6, 6.07) is 7.88. The summed E-state index contributed by atoms with van der Waals surface area (Å²) >= 11 is 0. The first-order valence-corrected chi connectivity index (χ1v) is 7.57. The summed E-state index contributed by atoms with van der Waals surface area (Å²) < 4.78 is 11.0. The second-order valence-corrected chi connectivity index (χ2v) is 5.53. The number of carbonyl (C=O) groups excluding carboxylic acids is 1. The van der Waals surface area contributed by atoms with Crippen LogP contribution in [0.15, 0.2) is 18.2 Å². The molecule has 0 radical (unpaired) electrons. The van der Waals surface area contributed by atoms with Crippen LogP contribution in [0.5, 0.6) is 11.5 Å². The van der Waals surface area contributed by atoms with Crippen molar-refractivity contribution in [3.63, 3.8) is 0 Å². The molecule has 1 fully saturated rings. The Morgan fingerprint density at radius 1 is 1.27 bits per heavy atom. The van der Waals surface area contributed by atoms with E-state index in [4.69, 9.17) is 14.7 Å². The second-order valence-electron chi connectivity index (χ2n) is 5.53. The van der Waals surface area contributed by atoms with Gasteiger partial charge in [0.1, 0.15) is 13.2 Å². The largest absolute Gasteiger partial charge is 0.486 e. The summed E-state index contributed by atoms with van der Waals surface area (Å²) in [6.07, 6.45) is 1.52. The van der Waals surface area contributed by atoms with Crippen LogP contribution in [0.1, 0.15) is 18.4 Å². The Morgan fingerprint density at radius 2 is 2.00 bits per heavy atom. The first-order valence-electron chi connectivity index (χ1n) is 7.57. The number of hydrogen-bond acceptors (Lipinski definition) is 4. The van der Waals surface area contributed by atoms with Crippen molar-refractivity contribution in [1.29, 1.82) is 5.26 Å². The molecule has 0 atom stereocenters. The zero-order chi connectivity index (χ0) is 15.4. The Hall–Kier alpha value is -2.42. The number of nitrogens with zero attached hydrogens (tertiary/aromatic N) is 2. The van der Waals surface area contributed by atoms with E-state index in [1.807, 2.05) is 18.2 Å². The summed E-state index contributed by atoms with van der Waals surface area (Å²) in [5.41, 5.74) is 0.976. The van der Waals surface area contributed by atoms with Gasteiger partial charge in [0.15, 0.2) is 11.5 Å². The molecule has 2 aliphatic rings. The molecule has 6 nitrogen and oxygen atoms in total. The number of nitrogens with one attached hydrogen (secondary N) is 1. The number of urea groups is 1. The fourth-order valence-corrected chi connectivity index (χ4v) is 2.70. The van der Waals surface area contributed by atoms with Gasteiger partial charge < -0.3 is 19.7 Å². The lowest BCUT2D eigenvalue weighted by Crippen LogP contribution is -2.44. The highest BCUT2D eigenvalue weighted by molar-refractivity contribution is 5.74. The third kappa shape index (κ3) is 3.25. The number of fused-ring (bicyclic) bond motifs is 1. The normalized spacial score (nSPS) is 17.7. The average Bonchev–Trinajstić information content (AvgIpc) is 2.59. The molecule has 116 valence electrons. The number of ether oxygens (including phenoxy) is 2. The predicted molar refractivity (Wildman–Crippen MR) is 79.6 cm³/mol. The Bertz CT molecular complexity index is 589. The second kappa shape index (κ2) is 6.56. The minimum absolute atomic E-state index is 0.0775. The quantitative estimate of drug-likeness (QED) is 0.905. The van der Waals surface area contributed by atoms with Gasteiger partial charge in [0.05, 0.1) is 6.07 Å². The van der Waals surface area contributed by atoms with E-state index in [2.05, 4.69) is 11.4 Å². The van der Waals surface area contributed by atoms with Crippen molar-refractivity contribution in [3.05, 3.63) is 23.8 Å². The minimum atomic E-state index is -0.0775. The van der Waals surface area contributed by atoms with Gasteiger partial charge in [0, 0.05) is 25.6 Å². The van der Waals surface area contributed by atoms with Crippen LogP contribution < -0.4 is 14.8 Å². The van der Waals surface area contributed by atoms with Crippen LogP contribution in [0.3, 0.4) is 0 Å². The van der Waals surface area contributed by atoms with Crippen LogP contribution in [0.2, 0.25) is 0 Å². The number of piperidine rings is 1. The molecule has 0 aliphatic carbocycles. The van der Waals surface area contributed by atoms with Crippen molar-refractivity contribution < 1.29 is 14.3 Å². The van der Waals surface area contributed by atoms with Crippen molar-refractivity contribution in [2.75, 3.05) is 26.3 Å². The molecule has 1 N–H and O–H groups in total. The maximum Gasteiger partial charge on any atom is 0.317 e. The summed E-state index contributed by atoms with van der Waals surface area (Å²) in [6.45, 7) is 2.86. The maximum atomic E-state index is 12.1. The molecule has 1 aromatic carbocycles. The molecule has 6 heteroatoms. The molecular weight excluding hydrogens is 282 g/mol. The summed E-state index contributed by atoms with van der Waals surface area (Å²) in [5.74, 6) is 1.56. The van der Waals surface area contributed by atoms with Gasteiger partial charge in [-0.2, -0.15) is 5.26 Å². The standard InChI is InChI=1S/C16H19N3O3/c17-10-12-3-5-19(6-4-12)16(20)18-11-13-1-2-14-15(9-13)22-8-7-21-14/h1-2,9,12H,3-8,11H2,(H,18,20). The third-order valence-corrected chi connectivity index (χ3v) is 4.02. The van der Waals surface area contributed by atoms with Gasteiger partial charge in [0.25, 0.3) is 0 Å². The lowest BCUT2D eigenvalue weighted by atomic mass is 9.99. The zero-order valence-electron chi connectivity index (χ0n) is 12.4. The first-order chi connectivity index (χ1) is 10.8. The SMILES string of the molecule is N#CC1CCN(C(=O)NCc2ccc3c(c2)OCCO3)CC1. The zero-order valence-corrected chi connectivity index (χ0v) is 12.4. The number of likely N-dealkylation sites (tertiary alicyclic amines) is 1. The molecule has 0 saturated carbocycles. The molecule has 0 bridgehead atoms. The van der Waals surface area contributed by atoms with Crippen LogP contribution in [-0.2, 0) is 6.54 Å². The molecule has 2 heterocycles. The number of hydrogen-bond donors (Lipinski definition) is 1. The van der Waals surface area contributed by atoms with Gasteiger partial charge in [-0.05, 0) is 30.5 Å². The van der Waals surface area contributed by atoms with Gasteiger partial charge in [-0.3, -0.25) is 0 Å². The van der Waals surface area contributed by atoms with Crippen LogP contribution in [0, 0.1) is 17.2 Å². The molecule has 0 unspecified atom stereocenters. The van der Waals surface area contributed by atoms with Crippen molar-refractivity contribution >= 4 is 6.03 Å². The number of nitriles is 1. The fourth-order valence-electron chi connectivity index (χ4n) is 2.70. The average molecular weight is 301 g/mol. The Kier molecular flexibility index (Phi) is 4.33. The van der Waals surface area contributed by atoms with E-state index >= 15 is 0 Å². The van der Waals surface area contributed by atoms with Crippen molar-refractivity contribution in [3.8, 4) is 17.6 Å².